The van der Waals surface area contributed by atoms with E-state index in [4.69, 9.17) is 21.1 Å². The lowest BCUT2D eigenvalue weighted by Gasteiger charge is -2.62. The molecule has 0 aromatic heterocycles. The van der Waals surface area contributed by atoms with Gasteiger partial charge in [0.2, 0.25) is 0 Å². The fraction of sp³-hybridized carbons (Fsp3) is 0.541. The molecule has 4 N–H and O–H groups in total. The van der Waals surface area contributed by atoms with E-state index in [0.717, 1.165) is 26.6 Å². The molecule has 47 heavy (non-hydrogen) atoms. The van der Waals surface area contributed by atoms with Gasteiger partial charge < -0.3 is 30.1 Å². The second kappa shape index (κ2) is 11.7. The number of halogens is 2. The highest BCUT2D eigenvalue weighted by Gasteiger charge is 2.79. The first-order valence-electron chi connectivity index (χ1n) is 16.5. The van der Waals surface area contributed by atoms with Crippen LogP contribution in [0.3, 0.4) is 0 Å². The van der Waals surface area contributed by atoms with Crippen LogP contribution in [0, 0.1) is 22.7 Å². The van der Waals surface area contributed by atoms with Gasteiger partial charge in [-0.1, -0.05) is 66.2 Å². The summed E-state index contributed by atoms with van der Waals surface area (Å²) in [5.41, 5.74) is -3.19. The molecule has 2 aromatic carbocycles. The predicted molar refractivity (Wildman–Crippen MR) is 179 cm³/mol. The maximum atomic E-state index is 17.6. The summed E-state index contributed by atoms with van der Waals surface area (Å²) in [6.45, 7) is 7.09. The van der Waals surface area contributed by atoms with Gasteiger partial charge in [-0.15, -0.1) is 0 Å². The summed E-state index contributed by atoms with van der Waals surface area (Å²) in [6, 6.07) is 13.9. The van der Waals surface area contributed by atoms with Crippen LogP contribution in [0.15, 0.2) is 76.1 Å². The Balaban J connectivity index is 1.15. The molecular formula is C37H43ClFNO6S. The zero-order valence-electron chi connectivity index (χ0n) is 27.1. The minimum absolute atomic E-state index is 0.0213. The van der Waals surface area contributed by atoms with E-state index in [1.54, 1.807) is 30.0 Å². The molecule has 1 aliphatic heterocycles. The lowest BCUT2D eigenvalue weighted by atomic mass is 9.44. The molecule has 5 aliphatic rings. The van der Waals surface area contributed by atoms with Crippen molar-refractivity contribution in [2.75, 3.05) is 11.9 Å². The smallest absolute Gasteiger partial charge is 0.193 e. The van der Waals surface area contributed by atoms with Crippen molar-refractivity contribution in [1.29, 1.82) is 0 Å². The Labute approximate surface area is 284 Å². The third-order valence-corrected chi connectivity index (χ3v) is 13.1. The van der Waals surface area contributed by atoms with Gasteiger partial charge in [0.25, 0.3) is 0 Å². The van der Waals surface area contributed by atoms with Crippen LogP contribution in [0.2, 0.25) is 5.02 Å². The third-order valence-electron chi connectivity index (χ3n) is 11.8. The number of rotatable bonds is 7. The van der Waals surface area contributed by atoms with Crippen molar-refractivity contribution >= 4 is 34.8 Å². The van der Waals surface area contributed by atoms with Crippen molar-refractivity contribution in [3.8, 4) is 0 Å². The summed E-state index contributed by atoms with van der Waals surface area (Å²) >= 11 is 7.97. The summed E-state index contributed by atoms with van der Waals surface area (Å²) in [5.74, 6) is -1.40. The molecule has 0 amide bonds. The number of benzene rings is 2. The molecular weight excluding hydrogens is 641 g/mol. The standard InChI is InChI=1S/C37H43ClFNO6S/c1-20(2)40-29-16-25(10-12-28(29)38)47-24-8-5-21(6-9-24)33-45-32-17-27-26-11-7-22-15-23(42)13-14-34(22,3)36(26,39)30(43)18-35(27,4)37(32,46-33)31(44)19-41/h5-6,8-10,12-16,20,23,26-27,30,32-33,40-43H,7,11,17-19H2,1-4H3/t23?,26-,27-,30-,32+,33+,34-,35-,36-,37+/m0/s1. The molecule has 252 valence electrons. The first-order chi connectivity index (χ1) is 22.3. The zero-order valence-corrected chi connectivity index (χ0v) is 28.7. The Bertz CT molecular complexity index is 1630. The average Bonchev–Trinajstić information content (AvgIpc) is 3.53. The van der Waals surface area contributed by atoms with Crippen molar-refractivity contribution in [2.24, 2.45) is 22.7 Å². The number of alkyl halides is 1. The normalized spacial score (nSPS) is 40.3. The molecule has 2 aromatic rings. The van der Waals surface area contributed by atoms with E-state index in [-0.39, 0.29) is 18.4 Å². The number of carbonyl (C=O) groups is 1. The molecule has 0 spiro atoms. The minimum Gasteiger partial charge on any atom is -0.390 e. The summed E-state index contributed by atoms with van der Waals surface area (Å²) in [7, 11) is 0. The summed E-state index contributed by atoms with van der Waals surface area (Å²) in [6.07, 6.45) is 2.68. The number of fused-ring (bicyclic) bond motifs is 7. The molecule has 0 radical (unpaired) electrons. The number of nitrogens with one attached hydrogen (secondary N) is 1. The fourth-order valence-corrected chi connectivity index (χ4v) is 10.7. The fourth-order valence-electron chi connectivity index (χ4n) is 9.66. The molecule has 0 bridgehead atoms. The van der Waals surface area contributed by atoms with Crippen molar-refractivity contribution in [2.45, 2.75) is 105 Å². The van der Waals surface area contributed by atoms with Crippen LogP contribution in [-0.2, 0) is 14.3 Å². The van der Waals surface area contributed by atoms with Crippen molar-refractivity contribution in [1.82, 2.24) is 0 Å². The van der Waals surface area contributed by atoms with E-state index < -0.39 is 65.0 Å². The number of anilines is 1. The molecule has 1 unspecified atom stereocenters. The molecule has 10 heteroatoms. The molecule has 1 saturated heterocycles. The van der Waals surface area contributed by atoms with E-state index in [2.05, 4.69) is 19.2 Å². The number of aliphatic hydroxyl groups excluding tert-OH is 3. The minimum atomic E-state index is -2.00. The molecule has 7 nitrogen and oxygen atoms in total. The second-order valence-corrected chi connectivity index (χ2v) is 16.2. The van der Waals surface area contributed by atoms with Gasteiger partial charge in [-0.25, -0.2) is 4.39 Å². The number of ether oxygens (including phenoxy) is 2. The lowest BCUT2D eigenvalue weighted by molar-refractivity contribution is -0.231. The van der Waals surface area contributed by atoms with Gasteiger partial charge in [0.15, 0.2) is 23.3 Å². The highest BCUT2D eigenvalue weighted by molar-refractivity contribution is 7.99. The average molecular weight is 684 g/mol. The van der Waals surface area contributed by atoms with Crippen LogP contribution in [-0.4, -0.2) is 63.3 Å². The van der Waals surface area contributed by atoms with Crippen molar-refractivity contribution in [3.63, 3.8) is 0 Å². The number of carbonyl (C=O) groups excluding carboxylic acids is 1. The molecule has 4 aliphatic carbocycles. The molecule has 1 heterocycles. The Kier molecular flexibility index (Phi) is 8.27. The van der Waals surface area contributed by atoms with E-state index in [9.17, 15) is 20.1 Å². The van der Waals surface area contributed by atoms with Crippen LogP contribution in [0.1, 0.15) is 65.2 Å². The SMILES string of the molecule is CC(C)Nc1cc(Sc2ccc([C@@H]3O[C@@H]4C[C@H]5[C@@H]6CCC7=CC(O)C=C[C@]7(C)[C@@]6(F)[C@@H](O)C[C@]5(C)[C@]4(C(=O)CO)O3)cc2)ccc1Cl. The van der Waals surface area contributed by atoms with Crippen LogP contribution in [0.5, 0.6) is 0 Å². The van der Waals surface area contributed by atoms with Crippen LogP contribution < -0.4 is 5.32 Å². The quantitative estimate of drug-likeness (QED) is 0.236. The number of aliphatic hydroxyl groups is 3. The van der Waals surface area contributed by atoms with Gasteiger partial charge in [-0.2, -0.15) is 0 Å². The van der Waals surface area contributed by atoms with E-state index in [0.29, 0.717) is 24.3 Å². The van der Waals surface area contributed by atoms with Crippen LogP contribution in [0.4, 0.5) is 10.1 Å². The van der Waals surface area contributed by atoms with Gasteiger partial charge in [0, 0.05) is 38.1 Å². The monoisotopic (exact) mass is 683 g/mol. The van der Waals surface area contributed by atoms with Gasteiger partial charge in [-0.3, -0.25) is 4.79 Å². The number of ketones is 1. The van der Waals surface area contributed by atoms with Gasteiger partial charge in [-0.05, 0) is 82.7 Å². The molecule has 7 rings (SSSR count). The highest BCUT2D eigenvalue weighted by atomic mass is 35.5. The Morgan fingerprint density at radius 1 is 1.13 bits per heavy atom. The van der Waals surface area contributed by atoms with Gasteiger partial charge in [0.1, 0.15) is 6.61 Å². The first-order valence-corrected chi connectivity index (χ1v) is 17.7. The number of hydrogen-bond acceptors (Lipinski definition) is 8. The molecule has 10 atom stereocenters. The highest BCUT2D eigenvalue weighted by Crippen LogP contribution is 2.72. The zero-order chi connectivity index (χ0) is 33.5. The van der Waals surface area contributed by atoms with Gasteiger partial charge in [0.05, 0.1) is 29.0 Å². The van der Waals surface area contributed by atoms with E-state index in [1.807, 2.05) is 56.3 Å². The topological polar surface area (TPSA) is 108 Å². The third kappa shape index (κ3) is 4.83. The number of hydrogen-bond donors (Lipinski definition) is 4. The number of allylic oxidation sites excluding steroid dienone is 2. The second-order valence-electron chi connectivity index (χ2n) is 14.6. The van der Waals surface area contributed by atoms with Crippen molar-refractivity contribution in [3.05, 3.63) is 76.9 Å². The summed E-state index contributed by atoms with van der Waals surface area (Å²) < 4.78 is 30.8. The predicted octanol–water partition coefficient (Wildman–Crippen LogP) is 6.80. The van der Waals surface area contributed by atoms with E-state index >= 15 is 4.39 Å². The Hall–Kier alpha value is -2.24. The Morgan fingerprint density at radius 2 is 1.85 bits per heavy atom. The van der Waals surface area contributed by atoms with Crippen molar-refractivity contribution < 1.29 is 34.0 Å². The Morgan fingerprint density at radius 3 is 2.55 bits per heavy atom. The lowest BCUT2D eigenvalue weighted by Crippen LogP contribution is -2.69. The molecule has 4 fully saturated rings. The maximum absolute atomic E-state index is 17.6. The molecule has 3 saturated carbocycles. The maximum Gasteiger partial charge on any atom is 0.193 e. The largest absolute Gasteiger partial charge is 0.390 e. The summed E-state index contributed by atoms with van der Waals surface area (Å²) in [5, 5.41) is 36.3. The van der Waals surface area contributed by atoms with Crippen LogP contribution >= 0.6 is 23.4 Å². The van der Waals surface area contributed by atoms with Crippen LogP contribution in [0.25, 0.3) is 0 Å². The number of Topliss-reactive ketones (excluding diaryl/α,β-unsaturated/α-hetero) is 1. The summed E-state index contributed by atoms with van der Waals surface area (Å²) in [4.78, 5) is 15.8. The van der Waals surface area contributed by atoms with Gasteiger partial charge >= 0.3 is 0 Å². The first kappa shape index (κ1) is 33.3. The van der Waals surface area contributed by atoms with E-state index in [1.165, 1.54) is 0 Å².